The molecule has 0 bridgehead atoms. The van der Waals surface area contributed by atoms with Gasteiger partial charge in [-0.2, -0.15) is 0 Å². The fraction of sp³-hybridized carbons (Fsp3) is 0.353. The summed E-state index contributed by atoms with van der Waals surface area (Å²) in [4.78, 5) is 16.2. The largest absolute Gasteiger partial charge is 0.333 e. The van der Waals surface area contributed by atoms with Crippen LogP contribution in [0.4, 0.5) is 0 Å². The van der Waals surface area contributed by atoms with E-state index in [1.165, 1.54) is 4.88 Å². The molecule has 3 nitrogen and oxygen atoms in total. The summed E-state index contributed by atoms with van der Waals surface area (Å²) in [7, 11) is 0. The Kier molecular flexibility index (Phi) is 3.83. The third-order valence-electron chi connectivity index (χ3n) is 4.20. The molecule has 1 aliphatic rings. The molecule has 0 aliphatic carbocycles. The molecule has 2 N–H and O–H groups in total. The third kappa shape index (κ3) is 2.61. The Morgan fingerprint density at radius 1 is 1.29 bits per heavy atom. The number of nitrogens with two attached hydrogens (primary N) is 1. The number of carbonyl (C=O) groups is 1. The van der Waals surface area contributed by atoms with Gasteiger partial charge in [0.1, 0.15) is 5.54 Å². The highest BCUT2D eigenvalue weighted by molar-refractivity contribution is 7.10. The standard InChI is InChI=1S/C17H20N2OS/c1-17(18,13-7-3-2-4-8-13)16(20)19-11-5-9-14(19)15-10-6-12-21-15/h2-4,6-8,10,12,14H,5,9,11,18H2,1H3. The molecule has 1 aromatic heterocycles. The van der Waals surface area contributed by atoms with Gasteiger partial charge in [-0.15, -0.1) is 11.3 Å². The molecule has 2 atom stereocenters. The molecule has 4 heteroatoms. The van der Waals surface area contributed by atoms with E-state index in [1.807, 2.05) is 48.2 Å². The third-order valence-corrected chi connectivity index (χ3v) is 5.18. The van der Waals surface area contributed by atoms with Gasteiger partial charge in [-0.05, 0) is 36.8 Å². The highest BCUT2D eigenvalue weighted by Gasteiger charge is 2.40. The normalized spacial score (nSPS) is 21.2. The zero-order chi connectivity index (χ0) is 14.9. The molecule has 1 saturated heterocycles. The quantitative estimate of drug-likeness (QED) is 0.945. The SMILES string of the molecule is CC(N)(C(=O)N1CCCC1c1cccs1)c1ccccc1. The lowest BCUT2D eigenvalue weighted by atomic mass is 9.91. The van der Waals surface area contributed by atoms with Crippen molar-refractivity contribution in [3.8, 4) is 0 Å². The predicted molar refractivity (Wildman–Crippen MR) is 86.0 cm³/mol. The maximum absolute atomic E-state index is 13.0. The fourth-order valence-electron chi connectivity index (χ4n) is 2.99. The molecule has 1 amide bonds. The summed E-state index contributed by atoms with van der Waals surface area (Å²) in [5.41, 5.74) is 6.29. The Bertz CT molecular complexity index is 607. The van der Waals surface area contributed by atoms with Crippen LogP contribution in [0.2, 0.25) is 0 Å². The van der Waals surface area contributed by atoms with Crippen LogP contribution >= 0.6 is 11.3 Å². The van der Waals surface area contributed by atoms with E-state index in [-0.39, 0.29) is 11.9 Å². The van der Waals surface area contributed by atoms with Crippen molar-refractivity contribution in [1.82, 2.24) is 4.90 Å². The van der Waals surface area contributed by atoms with E-state index in [9.17, 15) is 4.79 Å². The second-order valence-electron chi connectivity index (χ2n) is 5.74. The molecule has 2 heterocycles. The van der Waals surface area contributed by atoms with E-state index in [1.54, 1.807) is 11.3 Å². The van der Waals surface area contributed by atoms with Crippen LogP contribution < -0.4 is 5.73 Å². The van der Waals surface area contributed by atoms with Crippen LogP contribution in [0.15, 0.2) is 47.8 Å². The number of rotatable bonds is 3. The van der Waals surface area contributed by atoms with Gasteiger partial charge in [-0.25, -0.2) is 0 Å². The van der Waals surface area contributed by atoms with Crippen LogP contribution in [0.3, 0.4) is 0 Å². The number of hydrogen-bond donors (Lipinski definition) is 1. The minimum absolute atomic E-state index is 0.0181. The molecule has 0 radical (unpaired) electrons. The van der Waals surface area contributed by atoms with Crippen molar-refractivity contribution < 1.29 is 4.79 Å². The van der Waals surface area contributed by atoms with Gasteiger partial charge in [0, 0.05) is 11.4 Å². The van der Waals surface area contributed by atoms with Gasteiger partial charge in [0.05, 0.1) is 6.04 Å². The number of hydrogen-bond acceptors (Lipinski definition) is 3. The molecular formula is C17H20N2OS. The first-order chi connectivity index (χ1) is 10.1. The van der Waals surface area contributed by atoms with Gasteiger partial charge < -0.3 is 10.6 Å². The van der Waals surface area contributed by atoms with Crippen LogP contribution in [0.25, 0.3) is 0 Å². The molecule has 2 aromatic rings. The lowest BCUT2D eigenvalue weighted by molar-refractivity contribution is -0.137. The van der Waals surface area contributed by atoms with Gasteiger partial charge in [-0.1, -0.05) is 36.4 Å². The Hall–Kier alpha value is -1.65. The molecule has 1 aliphatic heterocycles. The zero-order valence-electron chi connectivity index (χ0n) is 12.2. The summed E-state index contributed by atoms with van der Waals surface area (Å²) >= 11 is 1.71. The number of benzene rings is 1. The maximum atomic E-state index is 13.0. The van der Waals surface area contributed by atoms with E-state index >= 15 is 0 Å². The van der Waals surface area contributed by atoms with Crippen LogP contribution in [0.5, 0.6) is 0 Å². The summed E-state index contributed by atoms with van der Waals surface area (Å²) in [6.07, 6.45) is 2.07. The number of likely N-dealkylation sites (tertiary alicyclic amines) is 1. The van der Waals surface area contributed by atoms with Crippen molar-refractivity contribution in [3.05, 3.63) is 58.3 Å². The topological polar surface area (TPSA) is 46.3 Å². The van der Waals surface area contributed by atoms with Gasteiger partial charge in [0.2, 0.25) is 5.91 Å². The summed E-state index contributed by atoms with van der Waals surface area (Å²) in [6, 6.07) is 14.0. The Balaban J connectivity index is 1.87. The van der Waals surface area contributed by atoms with Gasteiger partial charge in [0.15, 0.2) is 0 Å². The van der Waals surface area contributed by atoms with E-state index in [2.05, 4.69) is 11.4 Å². The lowest BCUT2D eigenvalue weighted by Gasteiger charge is -2.33. The first-order valence-corrected chi connectivity index (χ1v) is 8.17. The highest BCUT2D eigenvalue weighted by Crippen LogP contribution is 2.37. The van der Waals surface area contributed by atoms with Crippen LogP contribution in [-0.2, 0) is 10.3 Å². The Labute approximate surface area is 129 Å². The second-order valence-corrected chi connectivity index (χ2v) is 6.72. The fourth-order valence-corrected chi connectivity index (χ4v) is 3.87. The number of nitrogens with zero attached hydrogens (tertiary/aromatic N) is 1. The van der Waals surface area contributed by atoms with Crippen molar-refractivity contribution in [2.24, 2.45) is 5.73 Å². The molecule has 110 valence electrons. The second kappa shape index (κ2) is 5.62. The average molecular weight is 300 g/mol. The van der Waals surface area contributed by atoms with Gasteiger partial charge >= 0.3 is 0 Å². The molecule has 0 saturated carbocycles. The molecular weight excluding hydrogens is 280 g/mol. The zero-order valence-corrected chi connectivity index (χ0v) is 13.0. The van der Waals surface area contributed by atoms with E-state index < -0.39 is 5.54 Å². The van der Waals surface area contributed by atoms with E-state index in [4.69, 9.17) is 5.73 Å². The van der Waals surface area contributed by atoms with Crippen molar-refractivity contribution in [3.63, 3.8) is 0 Å². The minimum atomic E-state index is -0.971. The smallest absolute Gasteiger partial charge is 0.247 e. The Morgan fingerprint density at radius 3 is 2.71 bits per heavy atom. The molecule has 1 fully saturated rings. The summed E-state index contributed by atoms with van der Waals surface area (Å²) in [5, 5.41) is 2.06. The van der Waals surface area contributed by atoms with Gasteiger partial charge in [0.25, 0.3) is 0 Å². The molecule has 1 aromatic carbocycles. The van der Waals surface area contributed by atoms with Crippen LogP contribution in [0, 0.1) is 0 Å². The van der Waals surface area contributed by atoms with E-state index in [0.717, 1.165) is 24.9 Å². The summed E-state index contributed by atoms with van der Waals surface area (Å²) < 4.78 is 0. The highest BCUT2D eigenvalue weighted by atomic mass is 32.1. The first-order valence-electron chi connectivity index (χ1n) is 7.29. The minimum Gasteiger partial charge on any atom is -0.333 e. The predicted octanol–water partition coefficient (Wildman–Crippen LogP) is 3.29. The van der Waals surface area contributed by atoms with Crippen LogP contribution in [-0.4, -0.2) is 17.4 Å². The number of amides is 1. The van der Waals surface area contributed by atoms with Crippen LogP contribution in [0.1, 0.15) is 36.2 Å². The number of thiophene rings is 1. The van der Waals surface area contributed by atoms with Crippen molar-refractivity contribution >= 4 is 17.2 Å². The number of carbonyl (C=O) groups excluding carboxylic acids is 1. The van der Waals surface area contributed by atoms with Crippen molar-refractivity contribution in [1.29, 1.82) is 0 Å². The summed E-state index contributed by atoms with van der Waals surface area (Å²) in [5.74, 6) is 0.0181. The van der Waals surface area contributed by atoms with Crippen molar-refractivity contribution in [2.45, 2.75) is 31.3 Å². The van der Waals surface area contributed by atoms with E-state index in [0.29, 0.717) is 0 Å². The van der Waals surface area contributed by atoms with Crippen molar-refractivity contribution in [2.75, 3.05) is 6.54 Å². The molecule has 3 rings (SSSR count). The summed E-state index contributed by atoms with van der Waals surface area (Å²) in [6.45, 7) is 2.61. The first kappa shape index (κ1) is 14.3. The lowest BCUT2D eigenvalue weighted by Crippen LogP contribution is -2.50. The molecule has 21 heavy (non-hydrogen) atoms. The average Bonchev–Trinajstić information content (AvgIpc) is 3.18. The molecule has 2 unspecified atom stereocenters. The van der Waals surface area contributed by atoms with Gasteiger partial charge in [-0.3, -0.25) is 4.79 Å². The Morgan fingerprint density at radius 2 is 2.05 bits per heavy atom. The maximum Gasteiger partial charge on any atom is 0.247 e. The monoisotopic (exact) mass is 300 g/mol. The molecule has 0 spiro atoms.